The topological polar surface area (TPSA) is 87.1 Å². The van der Waals surface area contributed by atoms with Crippen molar-refractivity contribution in [2.24, 2.45) is 0 Å². The largest absolute Gasteiger partial charge is 0.480 e. The molecule has 2 amide bonds. The molecule has 0 saturated carbocycles. The van der Waals surface area contributed by atoms with E-state index in [9.17, 15) is 19.5 Å². The van der Waals surface area contributed by atoms with Crippen LogP contribution in [-0.2, 0) is 32.1 Å². The summed E-state index contributed by atoms with van der Waals surface area (Å²) in [6.07, 6.45) is -0.565. The van der Waals surface area contributed by atoms with Crippen LogP contribution in [0.2, 0.25) is 5.02 Å². The van der Waals surface area contributed by atoms with Crippen molar-refractivity contribution in [3.8, 4) is 0 Å². The molecular weight excluding hydrogens is 492 g/mol. The van der Waals surface area contributed by atoms with Crippen LogP contribution < -0.4 is 0 Å². The Labute approximate surface area is 221 Å². The van der Waals surface area contributed by atoms with Crippen molar-refractivity contribution in [2.75, 3.05) is 19.7 Å². The number of benzene rings is 3. The smallest absolute Gasteiger partial charge is 0.323 e. The van der Waals surface area contributed by atoms with Crippen LogP contribution >= 0.6 is 11.6 Å². The first-order valence-electron chi connectivity index (χ1n) is 12.1. The van der Waals surface area contributed by atoms with Crippen LogP contribution in [0.5, 0.6) is 0 Å². The minimum absolute atomic E-state index is 0.207. The fraction of sp³-hybridized carbons (Fsp3) is 0.276. The highest BCUT2D eigenvalue weighted by Gasteiger charge is 2.43. The van der Waals surface area contributed by atoms with Gasteiger partial charge in [-0.15, -0.1) is 0 Å². The lowest BCUT2D eigenvalue weighted by Gasteiger charge is -2.42. The number of aryl methyl sites for hydroxylation is 1. The van der Waals surface area contributed by atoms with Crippen LogP contribution in [0.3, 0.4) is 0 Å². The van der Waals surface area contributed by atoms with Gasteiger partial charge in [-0.05, 0) is 42.2 Å². The summed E-state index contributed by atoms with van der Waals surface area (Å²) >= 11 is 6.17. The van der Waals surface area contributed by atoms with Gasteiger partial charge in [-0.2, -0.15) is 0 Å². The van der Waals surface area contributed by atoms with E-state index in [0.717, 1.165) is 22.3 Å². The summed E-state index contributed by atoms with van der Waals surface area (Å²) in [5.74, 6) is -1.84. The van der Waals surface area contributed by atoms with Gasteiger partial charge in [0.15, 0.2) is 6.10 Å². The fourth-order valence-corrected chi connectivity index (χ4v) is 4.84. The molecule has 7 nitrogen and oxygen atoms in total. The van der Waals surface area contributed by atoms with E-state index in [-0.39, 0.29) is 25.6 Å². The van der Waals surface area contributed by atoms with Crippen LogP contribution in [0.4, 0.5) is 0 Å². The van der Waals surface area contributed by atoms with E-state index in [2.05, 4.69) is 0 Å². The highest BCUT2D eigenvalue weighted by molar-refractivity contribution is 6.30. The molecule has 2 atom stereocenters. The molecule has 0 spiro atoms. The van der Waals surface area contributed by atoms with Crippen molar-refractivity contribution in [1.82, 2.24) is 9.80 Å². The number of amides is 2. The average Bonchev–Trinajstić information content (AvgIpc) is 2.87. The zero-order valence-electron chi connectivity index (χ0n) is 20.5. The summed E-state index contributed by atoms with van der Waals surface area (Å²) in [5.41, 5.74) is 3.63. The van der Waals surface area contributed by atoms with E-state index >= 15 is 0 Å². The maximum absolute atomic E-state index is 13.8. The van der Waals surface area contributed by atoms with Crippen LogP contribution in [0.15, 0.2) is 78.9 Å². The van der Waals surface area contributed by atoms with Crippen molar-refractivity contribution in [3.05, 3.63) is 106 Å². The number of halogens is 1. The van der Waals surface area contributed by atoms with Gasteiger partial charge in [0, 0.05) is 18.1 Å². The summed E-state index contributed by atoms with van der Waals surface area (Å²) < 4.78 is 5.84. The Kier molecular flexibility index (Phi) is 8.58. The zero-order chi connectivity index (χ0) is 26.4. The maximum Gasteiger partial charge on any atom is 0.323 e. The molecule has 0 radical (unpaired) electrons. The van der Waals surface area contributed by atoms with Crippen LogP contribution in [-0.4, -0.2) is 58.5 Å². The predicted molar refractivity (Wildman–Crippen MR) is 140 cm³/mol. The van der Waals surface area contributed by atoms with Gasteiger partial charge in [-0.1, -0.05) is 83.9 Å². The average molecular weight is 521 g/mol. The van der Waals surface area contributed by atoms with Gasteiger partial charge in [0.25, 0.3) is 5.91 Å². The van der Waals surface area contributed by atoms with Gasteiger partial charge >= 0.3 is 5.97 Å². The minimum atomic E-state index is -1.11. The summed E-state index contributed by atoms with van der Waals surface area (Å²) in [6.45, 7) is 1.68. The molecule has 8 heteroatoms. The number of carbonyl (C=O) groups excluding carboxylic acids is 2. The van der Waals surface area contributed by atoms with Crippen molar-refractivity contribution in [2.45, 2.75) is 32.0 Å². The standard InChI is InChI=1S/C29H29ClN2O5/c1-20-7-5-8-21(15-20)13-14-31(18-26(34)35)29(36)28-27(23-10-3-2-4-11-23)32(25(33)19-37-28)17-22-9-6-12-24(30)16-22/h2-12,15-16,27-28H,13-14,17-19H2,1H3,(H,34,35)/t27-,28+/m1/s1. The lowest BCUT2D eigenvalue weighted by atomic mass is 9.95. The quantitative estimate of drug-likeness (QED) is 0.455. The predicted octanol–water partition coefficient (Wildman–Crippen LogP) is 4.27. The first-order chi connectivity index (χ1) is 17.8. The number of hydrogen-bond acceptors (Lipinski definition) is 4. The normalized spacial score (nSPS) is 17.5. The molecule has 0 aliphatic carbocycles. The number of morpholine rings is 1. The molecule has 1 saturated heterocycles. The molecule has 1 aliphatic rings. The summed E-state index contributed by atoms with van der Waals surface area (Å²) in [4.78, 5) is 41.5. The SMILES string of the molecule is Cc1cccc(CCN(CC(=O)O)C(=O)[C@H]2OCC(=O)N(Cc3cccc(Cl)c3)[C@@H]2c2ccccc2)c1. The maximum atomic E-state index is 13.8. The van der Waals surface area contributed by atoms with E-state index in [1.165, 1.54) is 4.90 Å². The Morgan fingerprint density at radius 1 is 1.03 bits per heavy atom. The highest BCUT2D eigenvalue weighted by atomic mass is 35.5. The van der Waals surface area contributed by atoms with Gasteiger partial charge in [0.05, 0.1) is 6.04 Å². The van der Waals surface area contributed by atoms with Crippen LogP contribution in [0.1, 0.15) is 28.3 Å². The van der Waals surface area contributed by atoms with Gasteiger partial charge in [0.2, 0.25) is 5.91 Å². The Bertz CT molecular complexity index is 1270. The van der Waals surface area contributed by atoms with E-state index in [1.807, 2.05) is 73.7 Å². The second-order valence-electron chi connectivity index (χ2n) is 9.13. The number of rotatable bonds is 9. The Morgan fingerprint density at radius 3 is 2.46 bits per heavy atom. The van der Waals surface area contributed by atoms with E-state index in [0.29, 0.717) is 11.4 Å². The molecule has 0 unspecified atom stereocenters. The van der Waals surface area contributed by atoms with E-state index in [1.54, 1.807) is 17.0 Å². The lowest BCUT2D eigenvalue weighted by molar-refractivity contribution is -0.171. The van der Waals surface area contributed by atoms with Gasteiger partial charge in [-0.3, -0.25) is 14.4 Å². The molecule has 1 heterocycles. The Morgan fingerprint density at radius 2 is 1.76 bits per heavy atom. The summed E-state index contributed by atoms with van der Waals surface area (Å²) in [7, 11) is 0. The minimum Gasteiger partial charge on any atom is -0.480 e. The summed E-state index contributed by atoms with van der Waals surface area (Å²) in [5, 5.41) is 10.1. The van der Waals surface area contributed by atoms with Crippen molar-refractivity contribution < 1.29 is 24.2 Å². The number of hydrogen-bond donors (Lipinski definition) is 1. The number of carbonyl (C=O) groups is 3. The highest BCUT2D eigenvalue weighted by Crippen LogP contribution is 2.33. The Hall–Kier alpha value is -3.68. The van der Waals surface area contributed by atoms with Crippen LogP contribution in [0, 0.1) is 6.92 Å². The number of aliphatic carboxylic acids is 1. The van der Waals surface area contributed by atoms with Gasteiger partial charge < -0.3 is 19.6 Å². The van der Waals surface area contributed by atoms with Crippen molar-refractivity contribution >= 4 is 29.4 Å². The third-order valence-corrected chi connectivity index (χ3v) is 6.58. The molecular formula is C29H29ClN2O5. The molecule has 37 heavy (non-hydrogen) atoms. The molecule has 3 aromatic rings. The van der Waals surface area contributed by atoms with Crippen LogP contribution in [0.25, 0.3) is 0 Å². The molecule has 0 aromatic heterocycles. The number of ether oxygens (including phenoxy) is 1. The lowest BCUT2D eigenvalue weighted by Crippen LogP contribution is -2.55. The number of carboxylic acid groups (broad SMARTS) is 1. The molecule has 1 aliphatic heterocycles. The first kappa shape index (κ1) is 26.4. The Balaban J connectivity index is 1.64. The molecule has 3 aromatic carbocycles. The summed E-state index contributed by atoms with van der Waals surface area (Å²) in [6, 6.07) is 23.6. The number of nitrogens with zero attached hydrogens (tertiary/aromatic N) is 2. The first-order valence-corrected chi connectivity index (χ1v) is 12.5. The second kappa shape index (κ2) is 12.0. The van der Waals surface area contributed by atoms with E-state index < -0.39 is 30.6 Å². The van der Waals surface area contributed by atoms with Gasteiger partial charge in [0.1, 0.15) is 13.2 Å². The van der Waals surface area contributed by atoms with Crippen molar-refractivity contribution in [1.29, 1.82) is 0 Å². The molecule has 4 rings (SSSR count). The third kappa shape index (κ3) is 6.76. The van der Waals surface area contributed by atoms with E-state index in [4.69, 9.17) is 16.3 Å². The third-order valence-electron chi connectivity index (χ3n) is 6.35. The number of carboxylic acids is 1. The fourth-order valence-electron chi connectivity index (χ4n) is 4.63. The second-order valence-corrected chi connectivity index (χ2v) is 9.57. The molecule has 1 N–H and O–H groups in total. The van der Waals surface area contributed by atoms with Crippen molar-refractivity contribution in [3.63, 3.8) is 0 Å². The van der Waals surface area contributed by atoms with Gasteiger partial charge in [-0.25, -0.2) is 0 Å². The monoisotopic (exact) mass is 520 g/mol. The molecule has 0 bridgehead atoms. The zero-order valence-corrected chi connectivity index (χ0v) is 21.3. The molecule has 192 valence electrons. The molecule has 1 fully saturated rings.